The van der Waals surface area contributed by atoms with Crippen molar-refractivity contribution in [3.8, 4) is 0 Å². The molecule has 2 rings (SSSR count). The van der Waals surface area contributed by atoms with E-state index in [1.165, 1.54) is 12.1 Å². The van der Waals surface area contributed by atoms with Crippen LogP contribution in [0.4, 0.5) is 5.82 Å². The van der Waals surface area contributed by atoms with E-state index in [9.17, 15) is 14.4 Å². The van der Waals surface area contributed by atoms with Gasteiger partial charge in [0, 0.05) is 12.6 Å². The molecule has 6 heteroatoms. The Morgan fingerprint density at radius 3 is 2.45 bits per heavy atom. The Hall–Kier alpha value is -2.24. The number of anilines is 1. The smallest absolute Gasteiger partial charge is 0.337 e. The number of amides is 2. The van der Waals surface area contributed by atoms with Gasteiger partial charge in [-0.25, -0.2) is 14.7 Å². The highest BCUT2D eigenvalue weighted by Gasteiger charge is 2.50. The fraction of sp³-hybridized carbons (Fsp3) is 0.429. The third-order valence-electron chi connectivity index (χ3n) is 3.96. The molecule has 106 valence electrons. The average Bonchev–Trinajstić information content (AvgIpc) is 2.61. The molecule has 20 heavy (non-hydrogen) atoms. The van der Waals surface area contributed by atoms with Gasteiger partial charge in [-0.1, -0.05) is 13.8 Å². The third-order valence-corrected chi connectivity index (χ3v) is 3.96. The summed E-state index contributed by atoms with van der Waals surface area (Å²) >= 11 is 0. The van der Waals surface area contributed by atoms with Crippen LogP contribution in [0.15, 0.2) is 18.3 Å². The van der Waals surface area contributed by atoms with E-state index in [-0.39, 0.29) is 35.5 Å². The van der Waals surface area contributed by atoms with Crippen molar-refractivity contribution in [2.75, 3.05) is 4.90 Å². The summed E-state index contributed by atoms with van der Waals surface area (Å²) in [6, 6.07) is 2.71. The zero-order chi connectivity index (χ0) is 15.1. The zero-order valence-electron chi connectivity index (χ0n) is 11.6. The van der Waals surface area contributed by atoms with E-state index in [2.05, 4.69) is 4.98 Å². The van der Waals surface area contributed by atoms with Crippen molar-refractivity contribution in [3.05, 3.63) is 23.9 Å². The van der Waals surface area contributed by atoms with Gasteiger partial charge in [0.2, 0.25) is 11.8 Å². The van der Waals surface area contributed by atoms with Crippen molar-refractivity contribution in [2.45, 2.75) is 27.2 Å². The van der Waals surface area contributed by atoms with Crippen LogP contribution in [-0.4, -0.2) is 27.9 Å². The molecule has 0 aliphatic carbocycles. The van der Waals surface area contributed by atoms with Crippen LogP contribution in [0.2, 0.25) is 0 Å². The molecule has 0 radical (unpaired) electrons. The van der Waals surface area contributed by atoms with Crippen LogP contribution < -0.4 is 4.90 Å². The Morgan fingerprint density at radius 2 is 2.05 bits per heavy atom. The molecule has 2 heterocycles. The minimum absolute atomic E-state index is 0.0134. The van der Waals surface area contributed by atoms with Gasteiger partial charge in [0.05, 0.1) is 11.0 Å². The summed E-state index contributed by atoms with van der Waals surface area (Å²) < 4.78 is 0. The molecule has 1 saturated heterocycles. The summed E-state index contributed by atoms with van der Waals surface area (Å²) in [4.78, 5) is 40.2. The first-order valence-corrected chi connectivity index (χ1v) is 6.34. The number of carboxylic acids is 1. The molecule has 1 N–H and O–H groups in total. The molecule has 1 aliphatic rings. The molecule has 0 saturated carbocycles. The lowest BCUT2D eigenvalue weighted by Gasteiger charge is -2.25. The molecule has 6 nitrogen and oxygen atoms in total. The molecule has 1 aromatic rings. The summed E-state index contributed by atoms with van der Waals surface area (Å²) in [6.45, 7) is 5.56. The van der Waals surface area contributed by atoms with E-state index in [1.54, 1.807) is 6.92 Å². The van der Waals surface area contributed by atoms with Gasteiger partial charge in [0.15, 0.2) is 0 Å². The van der Waals surface area contributed by atoms with Gasteiger partial charge < -0.3 is 5.11 Å². The van der Waals surface area contributed by atoms with E-state index < -0.39 is 11.4 Å². The Kier molecular flexibility index (Phi) is 3.33. The maximum absolute atomic E-state index is 12.4. The highest BCUT2D eigenvalue weighted by molar-refractivity contribution is 6.22. The largest absolute Gasteiger partial charge is 0.478 e. The SMILES string of the molecule is CC(C)C1(C)CC(=O)N(c2ccc(C(=O)O)cn2)C1=O. The molecule has 1 fully saturated rings. The van der Waals surface area contributed by atoms with Crippen LogP contribution in [0.25, 0.3) is 0 Å². The van der Waals surface area contributed by atoms with E-state index in [4.69, 9.17) is 5.11 Å². The van der Waals surface area contributed by atoms with E-state index in [1.807, 2.05) is 13.8 Å². The summed E-state index contributed by atoms with van der Waals surface area (Å²) in [5.74, 6) is -1.48. The Balaban J connectivity index is 2.36. The van der Waals surface area contributed by atoms with Crippen LogP contribution >= 0.6 is 0 Å². The summed E-state index contributed by atoms with van der Waals surface area (Å²) in [5, 5.41) is 8.81. The van der Waals surface area contributed by atoms with Crippen LogP contribution in [0, 0.1) is 11.3 Å². The predicted octanol–water partition coefficient (Wildman–Crippen LogP) is 1.71. The highest BCUT2D eigenvalue weighted by atomic mass is 16.4. The van der Waals surface area contributed by atoms with Crippen LogP contribution in [0.1, 0.15) is 37.6 Å². The average molecular weight is 276 g/mol. The van der Waals surface area contributed by atoms with Gasteiger partial charge in [0.1, 0.15) is 5.82 Å². The number of carbonyl (C=O) groups excluding carboxylic acids is 2. The predicted molar refractivity (Wildman–Crippen MR) is 71.3 cm³/mol. The molecule has 1 aromatic heterocycles. The topological polar surface area (TPSA) is 87.6 Å². The first kappa shape index (κ1) is 14.2. The van der Waals surface area contributed by atoms with Crippen LogP contribution in [-0.2, 0) is 9.59 Å². The number of pyridine rings is 1. The van der Waals surface area contributed by atoms with Gasteiger partial charge in [0.25, 0.3) is 0 Å². The van der Waals surface area contributed by atoms with Crippen LogP contribution in [0.5, 0.6) is 0 Å². The molecular weight excluding hydrogens is 260 g/mol. The van der Waals surface area contributed by atoms with E-state index >= 15 is 0 Å². The van der Waals surface area contributed by atoms with Gasteiger partial charge >= 0.3 is 5.97 Å². The lowest BCUT2D eigenvalue weighted by atomic mass is 9.78. The highest BCUT2D eigenvalue weighted by Crippen LogP contribution is 2.40. The lowest BCUT2D eigenvalue weighted by molar-refractivity contribution is -0.126. The second-order valence-corrected chi connectivity index (χ2v) is 5.49. The van der Waals surface area contributed by atoms with Gasteiger partial charge in [-0.15, -0.1) is 0 Å². The first-order chi connectivity index (χ1) is 9.27. The van der Waals surface area contributed by atoms with E-state index in [0.29, 0.717) is 0 Å². The van der Waals surface area contributed by atoms with Crippen molar-refractivity contribution >= 4 is 23.6 Å². The maximum Gasteiger partial charge on any atom is 0.337 e. The Bertz CT molecular complexity index is 579. The van der Waals surface area contributed by atoms with Gasteiger partial charge in [-0.3, -0.25) is 9.59 Å². The summed E-state index contributed by atoms with van der Waals surface area (Å²) in [7, 11) is 0. The Morgan fingerprint density at radius 1 is 1.40 bits per heavy atom. The second-order valence-electron chi connectivity index (χ2n) is 5.49. The monoisotopic (exact) mass is 276 g/mol. The summed E-state index contributed by atoms with van der Waals surface area (Å²) in [6.07, 6.45) is 1.29. The van der Waals surface area contributed by atoms with Crippen LogP contribution in [0.3, 0.4) is 0 Å². The lowest BCUT2D eigenvalue weighted by Crippen LogP contribution is -2.37. The number of aromatic carboxylic acids is 1. The summed E-state index contributed by atoms with van der Waals surface area (Å²) in [5.41, 5.74) is -0.719. The number of carboxylic acid groups (broad SMARTS) is 1. The second kappa shape index (κ2) is 4.70. The third kappa shape index (κ3) is 2.07. The molecule has 2 amide bonds. The zero-order valence-corrected chi connectivity index (χ0v) is 11.6. The number of imide groups is 1. The van der Waals surface area contributed by atoms with Gasteiger partial charge in [-0.05, 0) is 25.0 Å². The number of hydrogen-bond donors (Lipinski definition) is 1. The number of aromatic nitrogens is 1. The molecule has 0 spiro atoms. The minimum Gasteiger partial charge on any atom is -0.478 e. The van der Waals surface area contributed by atoms with Crippen molar-refractivity contribution in [2.24, 2.45) is 11.3 Å². The molecule has 1 aliphatic heterocycles. The molecular formula is C14H16N2O4. The van der Waals surface area contributed by atoms with Crippen molar-refractivity contribution in [1.29, 1.82) is 0 Å². The minimum atomic E-state index is -1.10. The van der Waals surface area contributed by atoms with Crippen molar-refractivity contribution in [1.82, 2.24) is 4.98 Å². The molecule has 1 unspecified atom stereocenters. The normalized spacial score (nSPS) is 22.7. The number of rotatable bonds is 3. The number of nitrogens with zero attached hydrogens (tertiary/aromatic N) is 2. The Labute approximate surface area is 116 Å². The van der Waals surface area contributed by atoms with Crippen molar-refractivity contribution in [3.63, 3.8) is 0 Å². The number of carbonyl (C=O) groups is 3. The first-order valence-electron chi connectivity index (χ1n) is 6.34. The van der Waals surface area contributed by atoms with E-state index in [0.717, 1.165) is 11.1 Å². The molecule has 0 bridgehead atoms. The standard InChI is InChI=1S/C14H16N2O4/c1-8(2)14(3)6-11(17)16(13(14)20)10-5-4-9(7-15-10)12(18)19/h4-5,7-8H,6H2,1-3H3,(H,18,19). The molecule has 0 aromatic carbocycles. The van der Waals surface area contributed by atoms with Crippen molar-refractivity contribution < 1.29 is 19.5 Å². The fourth-order valence-corrected chi connectivity index (χ4v) is 2.17. The quantitative estimate of drug-likeness (QED) is 0.849. The number of hydrogen-bond acceptors (Lipinski definition) is 4. The van der Waals surface area contributed by atoms with Gasteiger partial charge in [-0.2, -0.15) is 0 Å². The molecule has 1 atom stereocenters. The fourth-order valence-electron chi connectivity index (χ4n) is 2.17. The maximum atomic E-state index is 12.4.